The van der Waals surface area contributed by atoms with E-state index in [1.165, 1.54) is 7.11 Å². The number of benzene rings is 1. The van der Waals surface area contributed by atoms with E-state index in [1.54, 1.807) is 13.2 Å². The van der Waals surface area contributed by atoms with E-state index in [9.17, 15) is 4.79 Å². The van der Waals surface area contributed by atoms with Crippen molar-refractivity contribution in [1.82, 2.24) is 5.32 Å². The van der Waals surface area contributed by atoms with Gasteiger partial charge in [-0.2, -0.15) is 0 Å². The third-order valence-corrected chi connectivity index (χ3v) is 2.55. The van der Waals surface area contributed by atoms with Crippen molar-refractivity contribution in [3.05, 3.63) is 23.8 Å². The van der Waals surface area contributed by atoms with Crippen molar-refractivity contribution in [2.24, 2.45) is 0 Å². The van der Waals surface area contributed by atoms with E-state index >= 15 is 0 Å². The lowest BCUT2D eigenvalue weighted by Crippen LogP contribution is -2.22. The van der Waals surface area contributed by atoms with E-state index in [1.807, 2.05) is 12.1 Å². The summed E-state index contributed by atoms with van der Waals surface area (Å²) in [4.78, 5) is 11.1. The molecular formula is C14H21NO4. The van der Waals surface area contributed by atoms with Crippen molar-refractivity contribution in [1.29, 1.82) is 0 Å². The molecule has 0 unspecified atom stereocenters. The van der Waals surface area contributed by atoms with Crippen LogP contribution in [0.2, 0.25) is 0 Å². The second-order valence-corrected chi connectivity index (χ2v) is 4.37. The average Bonchev–Trinajstić information content (AvgIpc) is 2.42. The van der Waals surface area contributed by atoms with E-state index in [0.29, 0.717) is 24.1 Å². The van der Waals surface area contributed by atoms with Gasteiger partial charge in [0, 0.05) is 24.2 Å². The molecule has 1 aromatic carbocycles. The molecule has 0 atom stereocenters. The van der Waals surface area contributed by atoms with E-state index in [0.717, 1.165) is 5.56 Å². The molecule has 1 rings (SSSR count). The van der Waals surface area contributed by atoms with E-state index in [4.69, 9.17) is 9.47 Å². The van der Waals surface area contributed by atoms with Crippen LogP contribution in [0, 0.1) is 0 Å². The number of nitrogens with one attached hydrogen (secondary N) is 1. The molecule has 0 radical (unpaired) electrons. The molecular weight excluding hydrogens is 246 g/mol. The van der Waals surface area contributed by atoms with Gasteiger partial charge in [-0.3, -0.25) is 0 Å². The quantitative estimate of drug-likeness (QED) is 0.763. The Hall–Kier alpha value is -1.75. The number of rotatable bonds is 7. The van der Waals surface area contributed by atoms with Crippen LogP contribution in [-0.2, 0) is 16.1 Å². The van der Waals surface area contributed by atoms with Crippen LogP contribution in [0.15, 0.2) is 18.2 Å². The molecule has 1 N–H and O–H groups in total. The van der Waals surface area contributed by atoms with Crippen molar-refractivity contribution in [2.75, 3.05) is 20.8 Å². The molecule has 0 spiro atoms. The molecule has 0 aliphatic carbocycles. The van der Waals surface area contributed by atoms with Gasteiger partial charge in [0.05, 0.1) is 14.2 Å². The van der Waals surface area contributed by atoms with Crippen LogP contribution in [0.25, 0.3) is 0 Å². The first-order valence-electron chi connectivity index (χ1n) is 6.16. The molecule has 0 heterocycles. The zero-order valence-corrected chi connectivity index (χ0v) is 11.9. The lowest BCUT2D eigenvalue weighted by Gasteiger charge is -2.14. The van der Waals surface area contributed by atoms with Crippen LogP contribution in [0.1, 0.15) is 19.4 Å². The van der Waals surface area contributed by atoms with Crippen molar-refractivity contribution in [3.63, 3.8) is 0 Å². The molecule has 5 nitrogen and oxygen atoms in total. The van der Waals surface area contributed by atoms with Gasteiger partial charge in [0.1, 0.15) is 11.5 Å². The largest absolute Gasteiger partial charge is 0.497 e. The maximum Gasteiger partial charge on any atom is 0.343 e. The highest BCUT2D eigenvalue weighted by Crippen LogP contribution is 2.25. The number of carbonyl (C=O) groups is 1. The molecule has 0 aliphatic rings. The maximum absolute atomic E-state index is 11.1. The Labute approximate surface area is 113 Å². The summed E-state index contributed by atoms with van der Waals surface area (Å²) in [5.41, 5.74) is 0.971. The van der Waals surface area contributed by atoms with Crippen LogP contribution in [0.3, 0.4) is 0 Å². The molecule has 0 aromatic heterocycles. The second-order valence-electron chi connectivity index (χ2n) is 4.37. The zero-order valence-electron chi connectivity index (χ0n) is 11.9. The van der Waals surface area contributed by atoms with E-state index < -0.39 is 5.97 Å². The fraction of sp³-hybridized carbons (Fsp3) is 0.500. The summed E-state index contributed by atoms with van der Waals surface area (Å²) in [5, 5.41) is 3.30. The minimum absolute atomic E-state index is 0.113. The Morgan fingerprint density at radius 2 is 2.05 bits per heavy atom. The lowest BCUT2D eigenvalue weighted by atomic mass is 10.2. The van der Waals surface area contributed by atoms with Gasteiger partial charge >= 0.3 is 5.97 Å². The topological polar surface area (TPSA) is 56.8 Å². The Morgan fingerprint density at radius 1 is 1.32 bits per heavy atom. The smallest absolute Gasteiger partial charge is 0.343 e. The Kier molecular flexibility index (Phi) is 6.15. The third kappa shape index (κ3) is 5.18. The van der Waals surface area contributed by atoms with Gasteiger partial charge < -0.3 is 19.5 Å². The van der Waals surface area contributed by atoms with E-state index in [-0.39, 0.29) is 6.61 Å². The number of esters is 1. The van der Waals surface area contributed by atoms with Crippen molar-refractivity contribution in [3.8, 4) is 11.5 Å². The van der Waals surface area contributed by atoms with Crippen LogP contribution < -0.4 is 14.8 Å². The van der Waals surface area contributed by atoms with Crippen LogP contribution >= 0.6 is 0 Å². The normalized spacial score (nSPS) is 10.4. The van der Waals surface area contributed by atoms with Crippen molar-refractivity contribution < 1.29 is 19.0 Å². The molecule has 0 bridgehead atoms. The van der Waals surface area contributed by atoms with Crippen LogP contribution in [0.5, 0.6) is 11.5 Å². The first-order valence-corrected chi connectivity index (χ1v) is 6.16. The van der Waals surface area contributed by atoms with Gasteiger partial charge in [0.25, 0.3) is 0 Å². The summed E-state index contributed by atoms with van der Waals surface area (Å²) < 4.78 is 15.2. The Bertz CT molecular complexity index is 418. The molecule has 0 fully saturated rings. The summed E-state index contributed by atoms with van der Waals surface area (Å²) in [6, 6.07) is 5.92. The van der Waals surface area contributed by atoms with Crippen LogP contribution in [-0.4, -0.2) is 32.8 Å². The summed E-state index contributed by atoms with van der Waals surface area (Å²) >= 11 is 0. The first kappa shape index (κ1) is 15.3. The van der Waals surface area contributed by atoms with Gasteiger partial charge in [0.2, 0.25) is 0 Å². The number of ether oxygens (including phenoxy) is 3. The van der Waals surface area contributed by atoms with Gasteiger partial charge in [0.15, 0.2) is 6.61 Å². The predicted octanol–water partition coefficient (Wildman–Crippen LogP) is 1.74. The fourth-order valence-corrected chi connectivity index (χ4v) is 1.45. The van der Waals surface area contributed by atoms with Gasteiger partial charge in [-0.05, 0) is 6.07 Å². The van der Waals surface area contributed by atoms with Crippen LogP contribution in [0.4, 0.5) is 0 Å². The standard InChI is InChI=1S/C14H21NO4/c1-10(2)15-8-11-5-6-12(17-3)7-13(11)19-9-14(16)18-4/h5-7,10,15H,8-9H2,1-4H3. The minimum Gasteiger partial charge on any atom is -0.497 e. The van der Waals surface area contributed by atoms with Gasteiger partial charge in [-0.1, -0.05) is 19.9 Å². The minimum atomic E-state index is -0.411. The van der Waals surface area contributed by atoms with Gasteiger partial charge in [-0.25, -0.2) is 4.79 Å². The molecule has 0 saturated heterocycles. The number of carbonyl (C=O) groups excluding carboxylic acids is 1. The monoisotopic (exact) mass is 267 g/mol. The third-order valence-electron chi connectivity index (χ3n) is 2.55. The van der Waals surface area contributed by atoms with Crippen molar-refractivity contribution >= 4 is 5.97 Å². The molecule has 0 aliphatic heterocycles. The zero-order chi connectivity index (χ0) is 14.3. The highest BCUT2D eigenvalue weighted by molar-refractivity contribution is 5.71. The number of hydrogen-bond donors (Lipinski definition) is 1. The summed E-state index contributed by atoms with van der Waals surface area (Å²) in [5.74, 6) is 0.900. The molecule has 106 valence electrons. The maximum atomic E-state index is 11.1. The molecule has 0 saturated carbocycles. The first-order chi connectivity index (χ1) is 9.06. The highest BCUT2D eigenvalue weighted by atomic mass is 16.6. The lowest BCUT2D eigenvalue weighted by molar-refractivity contribution is -0.142. The number of methoxy groups -OCH3 is 2. The predicted molar refractivity (Wildman–Crippen MR) is 72.5 cm³/mol. The van der Waals surface area contributed by atoms with Gasteiger partial charge in [-0.15, -0.1) is 0 Å². The average molecular weight is 267 g/mol. The number of hydrogen-bond acceptors (Lipinski definition) is 5. The Morgan fingerprint density at radius 3 is 2.63 bits per heavy atom. The fourth-order valence-electron chi connectivity index (χ4n) is 1.45. The molecule has 1 aromatic rings. The molecule has 0 amide bonds. The summed E-state index contributed by atoms with van der Waals surface area (Å²) in [6.45, 7) is 4.69. The molecule has 5 heteroatoms. The summed E-state index contributed by atoms with van der Waals surface area (Å²) in [7, 11) is 2.92. The second kappa shape index (κ2) is 7.63. The van der Waals surface area contributed by atoms with Crippen molar-refractivity contribution in [2.45, 2.75) is 26.4 Å². The van der Waals surface area contributed by atoms with E-state index in [2.05, 4.69) is 23.9 Å². The highest BCUT2D eigenvalue weighted by Gasteiger charge is 2.09. The Balaban J connectivity index is 2.79. The summed E-state index contributed by atoms with van der Waals surface area (Å²) in [6.07, 6.45) is 0. The molecule has 19 heavy (non-hydrogen) atoms. The SMILES string of the molecule is COC(=O)COc1cc(OC)ccc1CNC(C)C.